The summed E-state index contributed by atoms with van der Waals surface area (Å²) in [6.07, 6.45) is 3.19. The third-order valence-corrected chi connectivity index (χ3v) is 4.28. The molecule has 0 atom stereocenters. The van der Waals surface area contributed by atoms with E-state index in [0.29, 0.717) is 6.54 Å². The molecule has 0 aromatic heterocycles. The maximum absolute atomic E-state index is 11.1. The van der Waals surface area contributed by atoms with E-state index < -0.39 is 10.9 Å². The zero-order chi connectivity index (χ0) is 15.6. The molecule has 0 aliphatic heterocycles. The minimum Gasteiger partial charge on any atom is -0.478 e. The van der Waals surface area contributed by atoms with Crippen LogP contribution in [0.4, 0.5) is 11.4 Å². The van der Waals surface area contributed by atoms with Gasteiger partial charge >= 0.3 is 5.97 Å². The first-order valence-corrected chi connectivity index (χ1v) is 6.79. The van der Waals surface area contributed by atoms with E-state index in [4.69, 9.17) is 5.11 Å². The average molecular weight is 293 g/mol. The fraction of sp³-hybridized carbons (Fsp3) is 0.500. The number of rotatable bonds is 6. The first-order chi connectivity index (χ1) is 9.85. The van der Waals surface area contributed by atoms with Crippen LogP contribution in [0.2, 0.25) is 0 Å². The average Bonchev–Trinajstić information content (AvgIpc) is 2.36. The maximum Gasteiger partial charge on any atom is 0.335 e. The number of aromatic carboxylic acids is 1. The highest BCUT2D eigenvalue weighted by Gasteiger charge is 2.39. The van der Waals surface area contributed by atoms with Crippen LogP contribution >= 0.6 is 0 Å². The van der Waals surface area contributed by atoms with Crippen molar-refractivity contribution in [1.82, 2.24) is 4.90 Å². The number of likely N-dealkylation sites (N-methyl/N-ethyl adjacent to an activating group) is 1. The lowest BCUT2D eigenvalue weighted by atomic mass is 9.75. The van der Waals surface area contributed by atoms with Crippen molar-refractivity contribution in [2.45, 2.75) is 24.8 Å². The molecule has 7 nitrogen and oxygen atoms in total. The van der Waals surface area contributed by atoms with Gasteiger partial charge in [0.1, 0.15) is 5.69 Å². The second-order valence-electron chi connectivity index (χ2n) is 5.62. The minimum atomic E-state index is -1.10. The van der Waals surface area contributed by atoms with Crippen LogP contribution in [-0.4, -0.2) is 47.1 Å². The third-order valence-electron chi connectivity index (χ3n) is 4.28. The molecule has 0 heterocycles. The molecule has 0 saturated heterocycles. The molecule has 114 valence electrons. The molecule has 0 bridgehead atoms. The van der Waals surface area contributed by atoms with Crippen LogP contribution in [0.3, 0.4) is 0 Å². The summed E-state index contributed by atoms with van der Waals surface area (Å²) in [5.41, 5.74) is 0.185. The minimum absolute atomic E-state index is 0.00685. The normalized spacial score (nSPS) is 16.3. The van der Waals surface area contributed by atoms with Gasteiger partial charge in [-0.3, -0.25) is 10.1 Å². The van der Waals surface area contributed by atoms with E-state index in [0.717, 1.165) is 19.3 Å². The smallest absolute Gasteiger partial charge is 0.335 e. The van der Waals surface area contributed by atoms with Gasteiger partial charge in [0, 0.05) is 18.2 Å². The van der Waals surface area contributed by atoms with Gasteiger partial charge in [-0.25, -0.2) is 4.79 Å². The van der Waals surface area contributed by atoms with Crippen molar-refractivity contribution in [1.29, 1.82) is 0 Å². The number of hydrogen-bond acceptors (Lipinski definition) is 5. The molecule has 1 fully saturated rings. The Morgan fingerprint density at radius 2 is 2.14 bits per heavy atom. The first-order valence-electron chi connectivity index (χ1n) is 6.79. The summed E-state index contributed by atoms with van der Waals surface area (Å²) >= 11 is 0. The molecule has 0 unspecified atom stereocenters. The van der Waals surface area contributed by atoms with Crippen LogP contribution in [-0.2, 0) is 0 Å². The van der Waals surface area contributed by atoms with Crippen molar-refractivity contribution in [3.05, 3.63) is 33.9 Å². The van der Waals surface area contributed by atoms with E-state index in [2.05, 4.69) is 10.2 Å². The summed E-state index contributed by atoms with van der Waals surface area (Å²) in [4.78, 5) is 23.7. The largest absolute Gasteiger partial charge is 0.478 e. The van der Waals surface area contributed by atoms with Gasteiger partial charge in [0.2, 0.25) is 0 Å². The predicted molar refractivity (Wildman–Crippen MR) is 78.8 cm³/mol. The zero-order valence-electron chi connectivity index (χ0n) is 12.1. The Hall–Kier alpha value is -2.15. The summed E-state index contributed by atoms with van der Waals surface area (Å²) in [6, 6.07) is 3.80. The Morgan fingerprint density at radius 1 is 1.48 bits per heavy atom. The van der Waals surface area contributed by atoms with E-state index in [1.807, 2.05) is 14.1 Å². The van der Waals surface area contributed by atoms with Crippen molar-refractivity contribution in [3.63, 3.8) is 0 Å². The number of nitro groups is 1. The number of benzene rings is 1. The van der Waals surface area contributed by atoms with E-state index >= 15 is 0 Å². The number of carboxylic acid groups (broad SMARTS) is 1. The molecule has 1 aliphatic carbocycles. The molecule has 2 N–H and O–H groups in total. The van der Waals surface area contributed by atoms with E-state index in [1.54, 1.807) is 0 Å². The second kappa shape index (κ2) is 5.69. The summed E-state index contributed by atoms with van der Waals surface area (Å²) < 4.78 is 0. The van der Waals surface area contributed by atoms with Gasteiger partial charge in [-0.05, 0) is 45.5 Å². The molecule has 0 amide bonds. The van der Waals surface area contributed by atoms with Crippen LogP contribution in [0, 0.1) is 10.1 Å². The first kappa shape index (κ1) is 15.2. The van der Waals surface area contributed by atoms with Crippen molar-refractivity contribution in [2.75, 3.05) is 26.0 Å². The molecule has 7 heteroatoms. The van der Waals surface area contributed by atoms with Crippen LogP contribution in [0.5, 0.6) is 0 Å². The molecule has 0 radical (unpaired) electrons. The third kappa shape index (κ3) is 2.97. The Labute approximate surface area is 122 Å². The lowest BCUT2D eigenvalue weighted by molar-refractivity contribution is -0.384. The van der Waals surface area contributed by atoms with Crippen molar-refractivity contribution in [2.24, 2.45) is 0 Å². The van der Waals surface area contributed by atoms with E-state index in [9.17, 15) is 14.9 Å². The van der Waals surface area contributed by atoms with Gasteiger partial charge in [0.15, 0.2) is 0 Å². The maximum atomic E-state index is 11.1. The van der Waals surface area contributed by atoms with Gasteiger partial charge < -0.3 is 15.3 Å². The van der Waals surface area contributed by atoms with Crippen molar-refractivity contribution in [3.8, 4) is 0 Å². The molecular formula is C14H19N3O4. The number of anilines is 1. The van der Waals surface area contributed by atoms with Crippen molar-refractivity contribution < 1.29 is 14.8 Å². The van der Waals surface area contributed by atoms with Gasteiger partial charge in [-0.15, -0.1) is 0 Å². The molecule has 1 aromatic carbocycles. The Morgan fingerprint density at radius 3 is 2.57 bits per heavy atom. The van der Waals surface area contributed by atoms with Gasteiger partial charge in [-0.1, -0.05) is 0 Å². The molecular weight excluding hydrogens is 274 g/mol. The molecule has 2 rings (SSSR count). The van der Waals surface area contributed by atoms with Gasteiger partial charge in [0.25, 0.3) is 5.69 Å². The standard InChI is InChI=1S/C14H19N3O4/c1-16(2)14(6-3-7-14)9-15-11-8-10(13(18)19)4-5-12(11)17(20)21/h4-5,8,15H,3,6-7,9H2,1-2H3,(H,18,19). The number of carbonyl (C=O) groups is 1. The monoisotopic (exact) mass is 293 g/mol. The second-order valence-corrected chi connectivity index (χ2v) is 5.62. The number of nitro benzene ring substituents is 1. The van der Waals surface area contributed by atoms with E-state index in [-0.39, 0.29) is 22.5 Å². The lowest BCUT2D eigenvalue weighted by Crippen LogP contribution is -2.54. The van der Waals surface area contributed by atoms with Crippen LogP contribution in [0.1, 0.15) is 29.6 Å². The number of hydrogen-bond donors (Lipinski definition) is 2. The predicted octanol–water partition coefficient (Wildman–Crippen LogP) is 2.19. The van der Waals surface area contributed by atoms with Gasteiger partial charge in [-0.2, -0.15) is 0 Å². The van der Waals surface area contributed by atoms with Crippen LogP contribution in [0.25, 0.3) is 0 Å². The fourth-order valence-electron chi connectivity index (χ4n) is 2.60. The summed E-state index contributed by atoms with van der Waals surface area (Å²) in [6.45, 7) is 0.559. The highest BCUT2D eigenvalue weighted by molar-refractivity contribution is 5.90. The molecule has 21 heavy (non-hydrogen) atoms. The van der Waals surface area contributed by atoms with E-state index in [1.165, 1.54) is 18.2 Å². The number of nitrogens with one attached hydrogen (secondary N) is 1. The quantitative estimate of drug-likeness (QED) is 0.616. The molecule has 1 aromatic rings. The highest BCUT2D eigenvalue weighted by Crippen LogP contribution is 2.37. The summed E-state index contributed by atoms with van der Waals surface area (Å²) in [5, 5.41) is 23.1. The summed E-state index contributed by atoms with van der Waals surface area (Å²) in [7, 11) is 3.98. The Kier molecular flexibility index (Phi) is 4.13. The Balaban J connectivity index is 2.23. The zero-order valence-corrected chi connectivity index (χ0v) is 12.1. The Bertz CT molecular complexity index is 567. The van der Waals surface area contributed by atoms with Crippen molar-refractivity contribution >= 4 is 17.3 Å². The topological polar surface area (TPSA) is 95.7 Å². The fourth-order valence-corrected chi connectivity index (χ4v) is 2.60. The molecule has 1 saturated carbocycles. The van der Waals surface area contributed by atoms with Gasteiger partial charge in [0.05, 0.1) is 10.5 Å². The number of nitrogens with zero attached hydrogens (tertiary/aromatic N) is 2. The molecule has 0 spiro atoms. The molecule has 1 aliphatic rings. The highest BCUT2D eigenvalue weighted by atomic mass is 16.6. The number of carboxylic acids is 1. The SMILES string of the molecule is CN(C)C1(CNc2cc(C(=O)O)ccc2[N+](=O)[O-])CCC1. The summed E-state index contributed by atoms with van der Waals surface area (Å²) in [5.74, 6) is -1.10. The lowest BCUT2D eigenvalue weighted by Gasteiger charge is -2.47. The van der Waals surface area contributed by atoms with Crippen LogP contribution in [0.15, 0.2) is 18.2 Å². The van der Waals surface area contributed by atoms with Crippen LogP contribution < -0.4 is 5.32 Å².